The molecule has 0 aromatic carbocycles. The number of aliphatic carboxylic acids is 1. The maximum atomic E-state index is 12.1. The van der Waals surface area contributed by atoms with Crippen LogP contribution in [0.4, 0.5) is 0 Å². The highest BCUT2D eigenvalue weighted by Gasteiger charge is 2.41. The number of carbonyl (C=O) groups is 2. The summed E-state index contributed by atoms with van der Waals surface area (Å²) in [7, 11) is 0. The summed E-state index contributed by atoms with van der Waals surface area (Å²) in [6.45, 7) is 0. The fraction of sp³-hybridized carbons (Fsp3) is 0.462. The SMILES string of the molecule is O=C(NC1(C(=O)O)CCCCC1)c1cccc(Br)n1. The van der Waals surface area contributed by atoms with Crippen molar-refractivity contribution in [2.24, 2.45) is 0 Å². The van der Waals surface area contributed by atoms with Gasteiger partial charge in [0, 0.05) is 0 Å². The van der Waals surface area contributed by atoms with Crippen molar-refractivity contribution in [3.05, 3.63) is 28.5 Å². The first kappa shape index (κ1) is 14.0. The molecule has 0 atom stereocenters. The van der Waals surface area contributed by atoms with E-state index in [4.69, 9.17) is 0 Å². The molecule has 1 aliphatic rings. The molecule has 0 spiro atoms. The first-order valence-electron chi connectivity index (χ1n) is 6.22. The smallest absolute Gasteiger partial charge is 0.329 e. The number of amides is 1. The number of hydrogen-bond donors (Lipinski definition) is 2. The van der Waals surface area contributed by atoms with Gasteiger partial charge in [-0.3, -0.25) is 4.79 Å². The highest BCUT2D eigenvalue weighted by atomic mass is 79.9. The molecule has 1 amide bonds. The van der Waals surface area contributed by atoms with Crippen molar-refractivity contribution in [2.45, 2.75) is 37.6 Å². The van der Waals surface area contributed by atoms with Gasteiger partial charge in [-0.05, 0) is 40.9 Å². The summed E-state index contributed by atoms with van der Waals surface area (Å²) in [6.07, 6.45) is 3.60. The van der Waals surface area contributed by atoms with E-state index in [0.29, 0.717) is 17.4 Å². The van der Waals surface area contributed by atoms with Crippen molar-refractivity contribution in [1.82, 2.24) is 10.3 Å². The van der Waals surface area contributed by atoms with Crippen LogP contribution in [0.1, 0.15) is 42.6 Å². The van der Waals surface area contributed by atoms with E-state index in [-0.39, 0.29) is 5.69 Å². The fourth-order valence-electron chi connectivity index (χ4n) is 2.36. The second kappa shape index (κ2) is 5.69. The predicted molar refractivity (Wildman–Crippen MR) is 72.9 cm³/mol. The molecule has 0 aliphatic heterocycles. The van der Waals surface area contributed by atoms with Gasteiger partial charge in [0.15, 0.2) is 0 Å². The summed E-state index contributed by atoms with van der Waals surface area (Å²) in [5.74, 6) is -1.40. The van der Waals surface area contributed by atoms with E-state index in [2.05, 4.69) is 26.2 Å². The standard InChI is InChI=1S/C13H15BrN2O3/c14-10-6-4-5-9(15-10)11(17)16-13(12(18)19)7-2-1-3-8-13/h4-6H,1-3,7-8H2,(H,16,17)(H,18,19). The highest BCUT2D eigenvalue weighted by Crippen LogP contribution is 2.28. The Morgan fingerprint density at radius 1 is 1.26 bits per heavy atom. The van der Waals surface area contributed by atoms with E-state index < -0.39 is 17.4 Å². The minimum absolute atomic E-state index is 0.223. The van der Waals surface area contributed by atoms with Gasteiger partial charge in [-0.1, -0.05) is 25.3 Å². The van der Waals surface area contributed by atoms with Gasteiger partial charge in [-0.2, -0.15) is 0 Å². The Bertz CT molecular complexity index is 498. The molecular formula is C13H15BrN2O3. The summed E-state index contributed by atoms with van der Waals surface area (Å²) < 4.78 is 0.549. The zero-order chi connectivity index (χ0) is 13.9. The normalized spacial score (nSPS) is 17.7. The maximum absolute atomic E-state index is 12.1. The molecule has 19 heavy (non-hydrogen) atoms. The molecule has 102 valence electrons. The Morgan fingerprint density at radius 2 is 1.95 bits per heavy atom. The average molecular weight is 327 g/mol. The lowest BCUT2D eigenvalue weighted by molar-refractivity contribution is -0.145. The first-order chi connectivity index (χ1) is 9.03. The topological polar surface area (TPSA) is 79.3 Å². The zero-order valence-electron chi connectivity index (χ0n) is 10.4. The van der Waals surface area contributed by atoms with Crippen LogP contribution in [-0.2, 0) is 4.79 Å². The number of carbonyl (C=O) groups excluding carboxylic acids is 1. The maximum Gasteiger partial charge on any atom is 0.329 e. The summed E-state index contributed by atoms with van der Waals surface area (Å²) in [5.41, 5.74) is -0.917. The molecule has 1 aromatic heterocycles. The van der Waals surface area contributed by atoms with E-state index >= 15 is 0 Å². The van der Waals surface area contributed by atoms with Crippen molar-refractivity contribution in [1.29, 1.82) is 0 Å². The minimum atomic E-state index is -1.14. The second-order valence-corrected chi connectivity index (χ2v) is 5.56. The first-order valence-corrected chi connectivity index (χ1v) is 7.01. The Morgan fingerprint density at radius 3 is 2.53 bits per heavy atom. The largest absolute Gasteiger partial charge is 0.480 e. The van der Waals surface area contributed by atoms with Crippen molar-refractivity contribution in [3.63, 3.8) is 0 Å². The van der Waals surface area contributed by atoms with E-state index in [1.54, 1.807) is 18.2 Å². The number of carboxylic acid groups (broad SMARTS) is 1. The molecule has 2 N–H and O–H groups in total. The molecule has 1 fully saturated rings. The molecule has 1 aromatic rings. The highest BCUT2D eigenvalue weighted by molar-refractivity contribution is 9.10. The molecule has 2 rings (SSSR count). The third kappa shape index (κ3) is 3.12. The average Bonchev–Trinajstić information content (AvgIpc) is 2.39. The Balaban J connectivity index is 2.18. The molecule has 6 heteroatoms. The number of nitrogens with zero attached hydrogens (tertiary/aromatic N) is 1. The quantitative estimate of drug-likeness (QED) is 0.836. The summed E-state index contributed by atoms with van der Waals surface area (Å²) in [4.78, 5) is 27.6. The van der Waals surface area contributed by atoms with Crippen molar-refractivity contribution >= 4 is 27.8 Å². The number of hydrogen-bond acceptors (Lipinski definition) is 3. The van der Waals surface area contributed by atoms with Crippen molar-refractivity contribution < 1.29 is 14.7 Å². The lowest BCUT2D eigenvalue weighted by atomic mass is 9.81. The molecule has 0 unspecified atom stereocenters. The lowest BCUT2D eigenvalue weighted by Gasteiger charge is -2.33. The predicted octanol–water partition coefficient (Wildman–Crippen LogP) is 2.36. The van der Waals surface area contributed by atoms with Gasteiger partial charge >= 0.3 is 5.97 Å². The summed E-state index contributed by atoms with van der Waals surface area (Å²) in [5, 5.41) is 12.0. The van der Waals surface area contributed by atoms with Gasteiger partial charge in [0.05, 0.1) is 0 Å². The molecular weight excluding hydrogens is 312 g/mol. The Kier molecular flexibility index (Phi) is 4.19. The molecule has 1 heterocycles. The molecule has 1 saturated carbocycles. The van der Waals surface area contributed by atoms with Crippen LogP contribution in [0.3, 0.4) is 0 Å². The molecule has 1 aliphatic carbocycles. The second-order valence-electron chi connectivity index (χ2n) is 4.75. The van der Waals surface area contributed by atoms with Crippen LogP contribution in [-0.4, -0.2) is 27.5 Å². The van der Waals surface area contributed by atoms with Gasteiger partial charge in [0.2, 0.25) is 0 Å². The Hall–Kier alpha value is -1.43. The van der Waals surface area contributed by atoms with Crippen LogP contribution in [0.25, 0.3) is 0 Å². The van der Waals surface area contributed by atoms with E-state index in [9.17, 15) is 14.7 Å². The van der Waals surface area contributed by atoms with Crippen LogP contribution in [0.15, 0.2) is 22.8 Å². The number of halogens is 1. The van der Waals surface area contributed by atoms with Gasteiger partial charge in [0.1, 0.15) is 15.8 Å². The monoisotopic (exact) mass is 326 g/mol. The number of aromatic nitrogens is 1. The number of rotatable bonds is 3. The van der Waals surface area contributed by atoms with E-state index in [1.165, 1.54) is 0 Å². The summed E-state index contributed by atoms with van der Waals surface area (Å²) >= 11 is 3.19. The number of nitrogens with one attached hydrogen (secondary N) is 1. The van der Waals surface area contributed by atoms with Crippen LogP contribution in [0.5, 0.6) is 0 Å². The third-order valence-electron chi connectivity index (χ3n) is 3.42. The van der Waals surface area contributed by atoms with Crippen LogP contribution in [0, 0.1) is 0 Å². The van der Waals surface area contributed by atoms with Gasteiger partial charge < -0.3 is 10.4 Å². The zero-order valence-corrected chi connectivity index (χ0v) is 11.9. The van der Waals surface area contributed by atoms with Gasteiger partial charge in [-0.25, -0.2) is 9.78 Å². The van der Waals surface area contributed by atoms with E-state index in [0.717, 1.165) is 19.3 Å². The lowest BCUT2D eigenvalue weighted by Crippen LogP contribution is -2.55. The number of pyridine rings is 1. The van der Waals surface area contributed by atoms with Crippen molar-refractivity contribution in [3.8, 4) is 0 Å². The molecule has 0 radical (unpaired) electrons. The molecule has 5 nitrogen and oxygen atoms in total. The van der Waals surface area contributed by atoms with Gasteiger partial charge in [0.25, 0.3) is 5.91 Å². The van der Waals surface area contributed by atoms with Gasteiger partial charge in [-0.15, -0.1) is 0 Å². The third-order valence-corrected chi connectivity index (χ3v) is 3.86. The fourth-order valence-corrected chi connectivity index (χ4v) is 2.71. The minimum Gasteiger partial charge on any atom is -0.480 e. The van der Waals surface area contributed by atoms with E-state index in [1.807, 2.05) is 0 Å². The molecule has 0 saturated heterocycles. The summed E-state index contributed by atoms with van der Waals surface area (Å²) in [6, 6.07) is 4.98. The van der Waals surface area contributed by atoms with Crippen LogP contribution >= 0.6 is 15.9 Å². The molecule has 0 bridgehead atoms. The van der Waals surface area contributed by atoms with Crippen molar-refractivity contribution in [2.75, 3.05) is 0 Å². The van der Waals surface area contributed by atoms with Crippen LogP contribution < -0.4 is 5.32 Å². The number of carboxylic acids is 1. The van der Waals surface area contributed by atoms with Crippen LogP contribution in [0.2, 0.25) is 0 Å². The Labute approximate surface area is 119 Å².